The van der Waals surface area contributed by atoms with Crippen LogP contribution in [0.1, 0.15) is 11.1 Å². The van der Waals surface area contributed by atoms with Crippen molar-refractivity contribution < 1.29 is 9.47 Å². The third kappa shape index (κ3) is 5.99. The maximum Gasteiger partial charge on any atom is 0.119 e. The molecule has 2 aromatic carbocycles. The highest BCUT2D eigenvalue weighted by Gasteiger charge is 2.16. The van der Waals surface area contributed by atoms with Crippen LogP contribution in [0.5, 0.6) is 11.5 Å². The molecule has 0 radical (unpaired) electrons. The molecule has 0 spiro atoms. The topological polar surface area (TPSA) is 48.7 Å². The molecule has 27 heavy (non-hydrogen) atoms. The number of nitriles is 1. The number of hydrogen-bond donors (Lipinski definition) is 0. The van der Waals surface area contributed by atoms with E-state index < -0.39 is 0 Å². The third-order valence-electron chi connectivity index (χ3n) is 5.00. The van der Waals surface area contributed by atoms with Crippen molar-refractivity contribution in [2.24, 2.45) is 0 Å². The molecule has 0 amide bonds. The van der Waals surface area contributed by atoms with E-state index in [9.17, 15) is 0 Å². The molecule has 2 aromatic rings. The van der Waals surface area contributed by atoms with Gasteiger partial charge in [-0.05, 0) is 48.4 Å². The molecule has 0 atom stereocenters. The molecular weight excluding hydrogens is 338 g/mol. The Morgan fingerprint density at radius 3 is 2.04 bits per heavy atom. The highest BCUT2D eigenvalue weighted by Crippen LogP contribution is 2.13. The molecule has 1 heterocycles. The predicted octanol–water partition coefficient (Wildman–Crippen LogP) is 2.81. The van der Waals surface area contributed by atoms with Gasteiger partial charge in [0.1, 0.15) is 18.1 Å². The van der Waals surface area contributed by atoms with Gasteiger partial charge in [0.25, 0.3) is 0 Å². The minimum Gasteiger partial charge on any atom is -0.497 e. The summed E-state index contributed by atoms with van der Waals surface area (Å²) in [5, 5.41) is 8.81. The lowest BCUT2D eigenvalue weighted by Crippen LogP contribution is -2.47. The first-order valence-corrected chi connectivity index (χ1v) is 9.47. The Morgan fingerprint density at radius 2 is 1.44 bits per heavy atom. The second-order valence-electron chi connectivity index (χ2n) is 6.77. The lowest BCUT2D eigenvalue weighted by atomic mass is 10.1. The molecule has 0 aromatic heterocycles. The van der Waals surface area contributed by atoms with Gasteiger partial charge in [0.05, 0.1) is 18.7 Å². The van der Waals surface area contributed by atoms with Crippen molar-refractivity contribution in [1.82, 2.24) is 9.80 Å². The minimum absolute atomic E-state index is 0.660. The van der Waals surface area contributed by atoms with E-state index in [4.69, 9.17) is 14.7 Å². The molecule has 142 valence electrons. The molecule has 0 bridgehead atoms. The summed E-state index contributed by atoms with van der Waals surface area (Å²) in [7, 11) is 1.70. The van der Waals surface area contributed by atoms with Crippen molar-refractivity contribution in [2.75, 3.05) is 53.0 Å². The summed E-state index contributed by atoms with van der Waals surface area (Å²) in [6.45, 7) is 7.09. The van der Waals surface area contributed by atoms with Crippen molar-refractivity contribution >= 4 is 0 Å². The number of ether oxygens (including phenoxy) is 2. The molecule has 1 aliphatic rings. The highest BCUT2D eigenvalue weighted by molar-refractivity contribution is 5.34. The molecular formula is C22H27N3O2. The molecule has 0 N–H and O–H groups in total. The maximum absolute atomic E-state index is 8.81. The van der Waals surface area contributed by atoms with E-state index in [-0.39, 0.29) is 0 Å². The number of rotatable bonds is 8. The monoisotopic (exact) mass is 365 g/mol. The average molecular weight is 365 g/mol. The van der Waals surface area contributed by atoms with Crippen LogP contribution in [0.3, 0.4) is 0 Å². The van der Waals surface area contributed by atoms with Crippen molar-refractivity contribution in [3.63, 3.8) is 0 Å². The quantitative estimate of drug-likeness (QED) is 0.720. The number of nitrogens with zero attached hydrogens (tertiary/aromatic N) is 3. The second-order valence-corrected chi connectivity index (χ2v) is 6.77. The van der Waals surface area contributed by atoms with E-state index in [1.807, 2.05) is 24.3 Å². The zero-order valence-electron chi connectivity index (χ0n) is 15.9. The van der Waals surface area contributed by atoms with Crippen molar-refractivity contribution in [3.05, 3.63) is 59.7 Å². The summed E-state index contributed by atoms with van der Waals surface area (Å²) in [5.74, 6) is 1.74. The largest absolute Gasteiger partial charge is 0.497 e. The second kappa shape index (κ2) is 9.96. The van der Waals surface area contributed by atoms with E-state index in [2.05, 4.69) is 28.0 Å². The van der Waals surface area contributed by atoms with Gasteiger partial charge in [0.2, 0.25) is 0 Å². The molecule has 0 aliphatic carbocycles. The van der Waals surface area contributed by atoms with Crippen LogP contribution in [0.25, 0.3) is 0 Å². The van der Waals surface area contributed by atoms with Crippen LogP contribution in [0.15, 0.2) is 48.5 Å². The zero-order valence-corrected chi connectivity index (χ0v) is 15.9. The molecule has 0 saturated carbocycles. The maximum atomic E-state index is 8.81. The molecule has 1 saturated heterocycles. The SMILES string of the molecule is COc1ccc(CCN2CCN(CCOc3ccc(C#N)cc3)CC2)cc1. The molecule has 0 unspecified atom stereocenters. The van der Waals surface area contributed by atoms with E-state index >= 15 is 0 Å². The molecule has 5 heteroatoms. The van der Waals surface area contributed by atoms with Crippen LogP contribution >= 0.6 is 0 Å². The molecule has 1 aliphatic heterocycles. The standard InChI is InChI=1S/C22H27N3O2/c1-26-21-6-2-19(3-7-21)10-11-24-12-14-25(15-13-24)16-17-27-22-8-4-20(18-23)5-9-22/h2-9H,10-17H2,1H3. The third-order valence-corrected chi connectivity index (χ3v) is 5.00. The first kappa shape index (κ1) is 19.2. The Kier molecular flexibility index (Phi) is 7.09. The summed E-state index contributed by atoms with van der Waals surface area (Å²) >= 11 is 0. The lowest BCUT2D eigenvalue weighted by molar-refractivity contribution is 0.118. The van der Waals surface area contributed by atoms with Crippen LogP contribution in [0.2, 0.25) is 0 Å². The van der Waals surface area contributed by atoms with Gasteiger partial charge in [0, 0.05) is 39.3 Å². The van der Waals surface area contributed by atoms with E-state index in [0.717, 1.165) is 57.2 Å². The Balaban J connectivity index is 1.31. The van der Waals surface area contributed by atoms with Crippen LogP contribution < -0.4 is 9.47 Å². The minimum atomic E-state index is 0.660. The fourth-order valence-corrected chi connectivity index (χ4v) is 3.23. The van der Waals surface area contributed by atoms with E-state index in [1.54, 1.807) is 19.2 Å². The number of piperazine rings is 1. The summed E-state index contributed by atoms with van der Waals surface area (Å²) in [5.41, 5.74) is 2.02. The Labute approximate surface area is 161 Å². The first-order chi connectivity index (χ1) is 13.3. The van der Waals surface area contributed by atoms with Gasteiger partial charge in [-0.1, -0.05) is 12.1 Å². The summed E-state index contributed by atoms with van der Waals surface area (Å²) in [6.07, 6.45) is 1.08. The predicted molar refractivity (Wildman–Crippen MR) is 106 cm³/mol. The van der Waals surface area contributed by atoms with Gasteiger partial charge >= 0.3 is 0 Å². The summed E-state index contributed by atoms with van der Waals surface area (Å²) < 4.78 is 11.0. The van der Waals surface area contributed by atoms with E-state index in [0.29, 0.717) is 12.2 Å². The van der Waals surface area contributed by atoms with Gasteiger partial charge in [-0.25, -0.2) is 0 Å². The van der Waals surface area contributed by atoms with Gasteiger partial charge in [-0.3, -0.25) is 4.90 Å². The van der Waals surface area contributed by atoms with Crippen molar-refractivity contribution in [2.45, 2.75) is 6.42 Å². The van der Waals surface area contributed by atoms with Crippen LogP contribution in [0.4, 0.5) is 0 Å². The number of benzene rings is 2. The fourth-order valence-electron chi connectivity index (χ4n) is 3.23. The van der Waals surface area contributed by atoms with Crippen LogP contribution in [-0.4, -0.2) is 62.8 Å². The number of hydrogen-bond acceptors (Lipinski definition) is 5. The molecule has 3 rings (SSSR count). The van der Waals surface area contributed by atoms with E-state index in [1.165, 1.54) is 5.56 Å². The normalized spacial score (nSPS) is 15.3. The summed E-state index contributed by atoms with van der Waals surface area (Å²) in [6, 6.07) is 17.8. The number of methoxy groups -OCH3 is 1. The van der Waals surface area contributed by atoms with Gasteiger partial charge in [-0.15, -0.1) is 0 Å². The van der Waals surface area contributed by atoms with Crippen molar-refractivity contribution in [1.29, 1.82) is 5.26 Å². The average Bonchev–Trinajstić information content (AvgIpc) is 2.74. The molecule has 1 fully saturated rings. The van der Waals surface area contributed by atoms with Crippen LogP contribution in [0, 0.1) is 11.3 Å². The highest BCUT2D eigenvalue weighted by atomic mass is 16.5. The Morgan fingerprint density at radius 1 is 0.852 bits per heavy atom. The van der Waals surface area contributed by atoms with Gasteiger partial charge in [0.15, 0.2) is 0 Å². The van der Waals surface area contributed by atoms with Crippen molar-refractivity contribution in [3.8, 4) is 17.6 Å². The fraction of sp³-hybridized carbons (Fsp3) is 0.409. The Hall–Kier alpha value is -2.55. The van der Waals surface area contributed by atoms with Crippen LogP contribution in [-0.2, 0) is 6.42 Å². The summed E-state index contributed by atoms with van der Waals surface area (Å²) in [4.78, 5) is 4.98. The van der Waals surface area contributed by atoms with Gasteiger partial charge < -0.3 is 14.4 Å². The lowest BCUT2D eigenvalue weighted by Gasteiger charge is -2.34. The smallest absolute Gasteiger partial charge is 0.119 e. The Bertz CT molecular complexity index is 730. The van der Waals surface area contributed by atoms with Gasteiger partial charge in [-0.2, -0.15) is 5.26 Å². The zero-order chi connectivity index (χ0) is 18.9. The first-order valence-electron chi connectivity index (χ1n) is 9.47. The molecule has 5 nitrogen and oxygen atoms in total.